The van der Waals surface area contributed by atoms with Crippen molar-refractivity contribution in [2.75, 3.05) is 0 Å². The number of hydrogen-bond acceptors (Lipinski definition) is 1. The lowest BCUT2D eigenvalue weighted by Crippen LogP contribution is -2.19. The van der Waals surface area contributed by atoms with Crippen LogP contribution in [0.4, 0.5) is 0 Å². The van der Waals surface area contributed by atoms with E-state index in [0.717, 1.165) is 0 Å². The first-order valence-corrected chi connectivity index (χ1v) is 4.79. The fourth-order valence-corrected chi connectivity index (χ4v) is 1.60. The summed E-state index contributed by atoms with van der Waals surface area (Å²) in [4.78, 5) is 8.24. The fourth-order valence-electron chi connectivity index (χ4n) is 1.60. The van der Waals surface area contributed by atoms with Crippen molar-refractivity contribution < 1.29 is 0 Å². The van der Waals surface area contributed by atoms with E-state index < -0.39 is 0 Å². The Bertz CT molecular complexity index is 202. The van der Waals surface area contributed by atoms with Crippen molar-refractivity contribution in [3.05, 3.63) is 12.8 Å². The van der Waals surface area contributed by atoms with E-state index >= 15 is 0 Å². The molecular weight excluding hydrogens is 162 g/mol. The maximum atomic E-state index is 4.45. The number of nitrogens with zero attached hydrogens (tertiary/aromatic N) is 2. The molecule has 0 spiro atoms. The third kappa shape index (κ3) is 3.40. The van der Waals surface area contributed by atoms with Gasteiger partial charge in [-0.3, -0.25) is 0 Å². The molecule has 0 unspecified atom stereocenters. The second-order valence-electron chi connectivity index (χ2n) is 3.25. The Morgan fingerprint density at radius 2 is 2.00 bits per heavy atom. The highest BCUT2D eigenvalue weighted by molar-refractivity contribution is 5.84. The molecule has 1 rings (SSSR count). The van der Waals surface area contributed by atoms with E-state index in [9.17, 15) is 0 Å². The summed E-state index contributed by atoms with van der Waals surface area (Å²) in [7, 11) is 0. The second kappa shape index (κ2) is 5.51. The molecule has 0 amide bonds. The first-order valence-electron chi connectivity index (χ1n) is 4.79. The van der Waals surface area contributed by atoms with Crippen LogP contribution in [0, 0.1) is 0 Å². The van der Waals surface area contributed by atoms with Crippen LogP contribution in [0.3, 0.4) is 0 Å². The third-order valence-electron chi connectivity index (χ3n) is 2.26. The maximum Gasteiger partial charge on any atom is 0.221 e. The first kappa shape index (κ1) is 9.96. The fraction of sp³-hybridized carbons (Fsp3) is 0.600. The van der Waals surface area contributed by atoms with Crippen molar-refractivity contribution in [2.45, 2.75) is 38.1 Å². The molecule has 1 aliphatic rings. The van der Waals surface area contributed by atoms with Gasteiger partial charge in [0.05, 0.1) is 6.04 Å². The Kier molecular flexibility index (Phi) is 4.23. The molecule has 0 heterocycles. The van der Waals surface area contributed by atoms with Gasteiger partial charge in [-0.05, 0) is 25.8 Å². The highest BCUT2D eigenvalue weighted by atomic mass is 15.1. The number of guanidine groups is 1. The van der Waals surface area contributed by atoms with Crippen molar-refractivity contribution in [3.8, 4) is 0 Å². The van der Waals surface area contributed by atoms with Gasteiger partial charge in [0.15, 0.2) is 0 Å². The van der Waals surface area contributed by atoms with Crippen molar-refractivity contribution in [2.24, 2.45) is 9.98 Å². The largest absolute Gasteiger partial charge is 0.332 e. The van der Waals surface area contributed by atoms with E-state index in [1.165, 1.54) is 32.1 Å². The lowest BCUT2D eigenvalue weighted by Gasteiger charge is -2.17. The highest BCUT2D eigenvalue weighted by Crippen LogP contribution is 2.20. The third-order valence-corrected chi connectivity index (χ3v) is 2.26. The van der Waals surface area contributed by atoms with E-state index in [1.54, 1.807) is 6.20 Å². The van der Waals surface area contributed by atoms with E-state index in [0.29, 0.717) is 12.0 Å². The summed E-state index contributed by atoms with van der Waals surface area (Å²) in [5.41, 5.74) is 0. The van der Waals surface area contributed by atoms with Gasteiger partial charge in [0.25, 0.3) is 0 Å². The van der Waals surface area contributed by atoms with Crippen LogP contribution in [0.15, 0.2) is 22.8 Å². The van der Waals surface area contributed by atoms with Gasteiger partial charge in [-0.25, -0.2) is 9.98 Å². The van der Waals surface area contributed by atoms with Crippen molar-refractivity contribution in [3.63, 3.8) is 0 Å². The summed E-state index contributed by atoms with van der Waals surface area (Å²) >= 11 is 0. The van der Waals surface area contributed by atoms with Gasteiger partial charge in [-0.1, -0.05) is 25.8 Å². The van der Waals surface area contributed by atoms with Crippen molar-refractivity contribution in [1.82, 2.24) is 5.32 Å². The lowest BCUT2D eigenvalue weighted by molar-refractivity contribution is 0.442. The molecule has 0 saturated heterocycles. The Morgan fingerprint density at radius 3 is 2.54 bits per heavy atom. The molecule has 1 aliphatic carbocycles. The first-order chi connectivity index (χ1) is 6.36. The molecule has 1 saturated carbocycles. The minimum atomic E-state index is 0.432. The summed E-state index contributed by atoms with van der Waals surface area (Å²) in [6.45, 7) is 7.02. The van der Waals surface area contributed by atoms with Crippen LogP contribution < -0.4 is 5.32 Å². The molecule has 0 bridgehead atoms. The number of nitrogens with one attached hydrogen (secondary N) is 1. The summed E-state index contributed by atoms with van der Waals surface area (Å²) < 4.78 is 0. The molecule has 72 valence electrons. The zero-order chi connectivity index (χ0) is 9.52. The molecule has 1 N–H and O–H groups in total. The van der Waals surface area contributed by atoms with E-state index in [4.69, 9.17) is 0 Å². The highest BCUT2D eigenvalue weighted by Gasteiger charge is 2.12. The van der Waals surface area contributed by atoms with Crippen LogP contribution in [0.25, 0.3) is 0 Å². The summed E-state index contributed by atoms with van der Waals surface area (Å²) in [5, 5.41) is 2.86. The predicted octanol–water partition coefficient (Wildman–Crippen LogP) is 2.11. The molecule has 0 aromatic carbocycles. The molecule has 3 heteroatoms. The van der Waals surface area contributed by atoms with Gasteiger partial charge in [0.1, 0.15) is 0 Å². The molecule has 13 heavy (non-hydrogen) atoms. The van der Waals surface area contributed by atoms with Gasteiger partial charge >= 0.3 is 0 Å². The number of hydrogen-bond donors (Lipinski definition) is 1. The second-order valence-corrected chi connectivity index (χ2v) is 3.25. The molecule has 0 atom stereocenters. The Labute approximate surface area is 79.7 Å². The monoisotopic (exact) mass is 179 g/mol. The smallest absolute Gasteiger partial charge is 0.221 e. The standard InChI is InChI=1S/C10H17N3/c1-3-12-10(11-2)13-9-7-5-4-6-8-9/h3,9H,1-2,4-8H2,(H,12,13). The van der Waals surface area contributed by atoms with Crippen LogP contribution in [0.1, 0.15) is 32.1 Å². The Morgan fingerprint density at radius 1 is 1.31 bits per heavy atom. The molecule has 1 fully saturated rings. The van der Waals surface area contributed by atoms with Gasteiger partial charge in [-0.15, -0.1) is 0 Å². The average molecular weight is 179 g/mol. The van der Waals surface area contributed by atoms with Gasteiger partial charge in [-0.2, -0.15) is 0 Å². The zero-order valence-corrected chi connectivity index (χ0v) is 8.00. The van der Waals surface area contributed by atoms with Gasteiger partial charge in [0, 0.05) is 0 Å². The summed E-state index contributed by atoms with van der Waals surface area (Å²) in [6, 6.07) is 0.432. The Balaban J connectivity index is 2.48. The predicted molar refractivity (Wildman–Crippen MR) is 57.2 cm³/mol. The van der Waals surface area contributed by atoms with E-state index in [1.807, 2.05) is 0 Å². The van der Waals surface area contributed by atoms with Gasteiger partial charge < -0.3 is 5.32 Å². The van der Waals surface area contributed by atoms with Crippen LogP contribution in [-0.2, 0) is 0 Å². The zero-order valence-electron chi connectivity index (χ0n) is 8.00. The molecule has 0 radical (unpaired) electrons. The normalized spacial score (nSPS) is 19.5. The maximum absolute atomic E-state index is 4.45. The summed E-state index contributed by atoms with van der Waals surface area (Å²) in [6.07, 6.45) is 7.85. The molecule has 3 nitrogen and oxygen atoms in total. The SMILES string of the molecule is C=CNC(N=C)=NC1CCCCC1. The van der Waals surface area contributed by atoms with Gasteiger partial charge in [0.2, 0.25) is 5.96 Å². The van der Waals surface area contributed by atoms with Crippen LogP contribution in [0.5, 0.6) is 0 Å². The number of aliphatic imine (C=N–C) groups is 2. The number of rotatable bonds is 2. The minimum absolute atomic E-state index is 0.432. The molecule has 0 aliphatic heterocycles. The summed E-state index contributed by atoms with van der Waals surface area (Å²) in [5.74, 6) is 0.599. The topological polar surface area (TPSA) is 36.8 Å². The quantitative estimate of drug-likeness (QED) is 0.511. The minimum Gasteiger partial charge on any atom is -0.332 e. The van der Waals surface area contributed by atoms with Crippen LogP contribution >= 0.6 is 0 Å². The van der Waals surface area contributed by atoms with Crippen LogP contribution in [-0.4, -0.2) is 18.7 Å². The lowest BCUT2D eigenvalue weighted by atomic mass is 9.96. The van der Waals surface area contributed by atoms with Crippen LogP contribution in [0.2, 0.25) is 0 Å². The Hall–Kier alpha value is -1.12. The van der Waals surface area contributed by atoms with Crippen molar-refractivity contribution >= 4 is 12.7 Å². The van der Waals surface area contributed by atoms with Crippen molar-refractivity contribution in [1.29, 1.82) is 0 Å². The van der Waals surface area contributed by atoms with E-state index in [2.05, 4.69) is 28.6 Å². The molecular formula is C10H17N3. The average Bonchev–Trinajstić information content (AvgIpc) is 2.19. The van der Waals surface area contributed by atoms with E-state index in [-0.39, 0.29) is 0 Å². The molecule has 0 aromatic heterocycles. The molecule has 0 aromatic rings.